The second-order valence-corrected chi connectivity index (χ2v) is 1.17. The van der Waals surface area contributed by atoms with Crippen LogP contribution in [0.15, 0.2) is 11.6 Å². The van der Waals surface area contributed by atoms with Crippen molar-refractivity contribution in [1.82, 2.24) is 0 Å². The number of hydrogen-bond acceptors (Lipinski definition) is 2. The fraction of sp³-hybridized carbons (Fsp3) is 0.400. The molecule has 0 rings (SSSR count). The minimum Gasteiger partial charge on any atom is -0.392 e. The van der Waals surface area contributed by atoms with Gasteiger partial charge in [-0.3, -0.25) is 0 Å². The summed E-state index contributed by atoms with van der Waals surface area (Å²) in [4.78, 5) is 0. The van der Waals surface area contributed by atoms with Crippen LogP contribution in [-0.4, -0.2) is 17.9 Å². The van der Waals surface area contributed by atoms with Crippen molar-refractivity contribution in [2.24, 2.45) is 0 Å². The fourth-order valence-electron chi connectivity index (χ4n) is 0.220. The SMILES string of the molecule is C/C=C(/C=N)CO. The Kier molecular flexibility index (Phi) is 3.24. The molecule has 0 saturated carbocycles. The van der Waals surface area contributed by atoms with Gasteiger partial charge in [0.05, 0.1) is 6.61 Å². The van der Waals surface area contributed by atoms with Gasteiger partial charge in [0.15, 0.2) is 0 Å². The standard InChI is InChI=1S/C5H9NO/c1-2-5(3-6)4-7/h2-3,6-7H,4H2,1H3/b5-2-,6-3?. The first kappa shape index (κ1) is 6.37. The third-order valence-electron chi connectivity index (χ3n) is 0.739. The highest BCUT2D eigenvalue weighted by Crippen LogP contribution is 1.82. The first-order valence-corrected chi connectivity index (χ1v) is 2.11. The van der Waals surface area contributed by atoms with E-state index >= 15 is 0 Å². The predicted octanol–water partition coefficient (Wildman–Crippen LogP) is 0.575. The summed E-state index contributed by atoms with van der Waals surface area (Å²) in [6.07, 6.45) is 2.84. The zero-order valence-electron chi connectivity index (χ0n) is 4.31. The molecule has 2 nitrogen and oxygen atoms in total. The third kappa shape index (κ3) is 2.11. The fourth-order valence-corrected chi connectivity index (χ4v) is 0.220. The predicted molar refractivity (Wildman–Crippen MR) is 29.6 cm³/mol. The van der Waals surface area contributed by atoms with Crippen molar-refractivity contribution in [3.05, 3.63) is 11.6 Å². The van der Waals surface area contributed by atoms with Gasteiger partial charge in [0.25, 0.3) is 0 Å². The third-order valence-corrected chi connectivity index (χ3v) is 0.739. The van der Waals surface area contributed by atoms with Crippen LogP contribution in [-0.2, 0) is 0 Å². The minimum atomic E-state index is -0.0278. The van der Waals surface area contributed by atoms with Crippen LogP contribution < -0.4 is 0 Å². The Balaban J connectivity index is 3.60. The molecule has 0 aromatic heterocycles. The van der Waals surface area contributed by atoms with E-state index in [1.807, 2.05) is 0 Å². The molecule has 40 valence electrons. The number of rotatable bonds is 2. The van der Waals surface area contributed by atoms with Gasteiger partial charge in [-0.15, -0.1) is 0 Å². The van der Waals surface area contributed by atoms with Gasteiger partial charge in [0.2, 0.25) is 0 Å². The largest absolute Gasteiger partial charge is 0.392 e. The van der Waals surface area contributed by atoms with Crippen molar-refractivity contribution in [3.63, 3.8) is 0 Å². The quantitative estimate of drug-likeness (QED) is 0.488. The molecule has 2 N–H and O–H groups in total. The van der Waals surface area contributed by atoms with Crippen LogP contribution in [0.4, 0.5) is 0 Å². The van der Waals surface area contributed by atoms with Crippen molar-refractivity contribution in [2.75, 3.05) is 6.61 Å². The lowest BCUT2D eigenvalue weighted by molar-refractivity contribution is 0.337. The van der Waals surface area contributed by atoms with Gasteiger partial charge >= 0.3 is 0 Å². The normalized spacial score (nSPS) is 11.4. The van der Waals surface area contributed by atoms with E-state index in [1.54, 1.807) is 13.0 Å². The Labute approximate surface area is 43.0 Å². The van der Waals surface area contributed by atoms with Crippen LogP contribution in [0.5, 0.6) is 0 Å². The van der Waals surface area contributed by atoms with Gasteiger partial charge in [0, 0.05) is 6.21 Å². The molecule has 0 aromatic rings. The average molecular weight is 99.1 g/mol. The molecule has 2 heteroatoms. The summed E-state index contributed by atoms with van der Waals surface area (Å²) >= 11 is 0. The van der Waals surface area contributed by atoms with Gasteiger partial charge in [-0.25, -0.2) is 0 Å². The Morgan fingerprint density at radius 1 is 1.86 bits per heavy atom. The van der Waals surface area contributed by atoms with E-state index in [2.05, 4.69) is 0 Å². The molecular formula is C5H9NO. The Hall–Kier alpha value is -0.630. The molecule has 0 unspecified atom stereocenters. The Morgan fingerprint density at radius 2 is 2.43 bits per heavy atom. The number of aliphatic hydroxyl groups is 1. The summed E-state index contributed by atoms with van der Waals surface area (Å²) in [5.74, 6) is 0. The smallest absolute Gasteiger partial charge is 0.0693 e. The van der Waals surface area contributed by atoms with Crippen LogP contribution in [0, 0.1) is 5.41 Å². The van der Waals surface area contributed by atoms with Crippen molar-refractivity contribution in [3.8, 4) is 0 Å². The highest BCUT2D eigenvalue weighted by Gasteiger charge is 1.80. The molecule has 0 aliphatic carbocycles. The maximum absolute atomic E-state index is 8.31. The van der Waals surface area contributed by atoms with Crippen molar-refractivity contribution >= 4 is 6.21 Å². The van der Waals surface area contributed by atoms with Gasteiger partial charge < -0.3 is 10.5 Å². The van der Waals surface area contributed by atoms with E-state index in [-0.39, 0.29) is 6.61 Å². The number of allylic oxidation sites excluding steroid dienone is 1. The Bertz CT molecular complexity index is 86.1. The molecule has 7 heavy (non-hydrogen) atoms. The topological polar surface area (TPSA) is 44.1 Å². The molecule has 0 atom stereocenters. The lowest BCUT2D eigenvalue weighted by atomic mass is 10.3. The van der Waals surface area contributed by atoms with Gasteiger partial charge in [-0.05, 0) is 12.5 Å². The van der Waals surface area contributed by atoms with Crippen molar-refractivity contribution in [1.29, 1.82) is 5.41 Å². The molecule has 0 bridgehead atoms. The van der Waals surface area contributed by atoms with Gasteiger partial charge in [-0.1, -0.05) is 6.08 Å². The summed E-state index contributed by atoms with van der Waals surface area (Å²) in [6, 6.07) is 0. The second kappa shape index (κ2) is 3.56. The maximum atomic E-state index is 8.31. The van der Waals surface area contributed by atoms with Crippen LogP contribution >= 0.6 is 0 Å². The monoisotopic (exact) mass is 99.1 g/mol. The van der Waals surface area contributed by atoms with Gasteiger partial charge in [-0.2, -0.15) is 0 Å². The minimum absolute atomic E-state index is 0.0278. The molecule has 0 amide bonds. The maximum Gasteiger partial charge on any atom is 0.0693 e. The summed E-state index contributed by atoms with van der Waals surface area (Å²) in [5.41, 5.74) is 0.653. The first-order valence-electron chi connectivity index (χ1n) is 2.11. The van der Waals surface area contributed by atoms with E-state index in [9.17, 15) is 0 Å². The van der Waals surface area contributed by atoms with E-state index in [4.69, 9.17) is 10.5 Å². The lowest BCUT2D eigenvalue weighted by Gasteiger charge is -1.86. The summed E-state index contributed by atoms with van der Waals surface area (Å²) in [7, 11) is 0. The molecule has 0 aliphatic heterocycles. The number of hydrogen-bond donors (Lipinski definition) is 2. The molecule has 0 aromatic carbocycles. The zero-order valence-corrected chi connectivity index (χ0v) is 4.31. The molecule has 0 saturated heterocycles. The van der Waals surface area contributed by atoms with E-state index in [0.717, 1.165) is 6.21 Å². The molecule has 0 aliphatic rings. The van der Waals surface area contributed by atoms with Crippen molar-refractivity contribution in [2.45, 2.75) is 6.92 Å². The molecule has 0 fully saturated rings. The van der Waals surface area contributed by atoms with Crippen molar-refractivity contribution < 1.29 is 5.11 Å². The van der Waals surface area contributed by atoms with Crippen LogP contribution in [0.1, 0.15) is 6.92 Å². The van der Waals surface area contributed by atoms with E-state index < -0.39 is 0 Å². The highest BCUT2D eigenvalue weighted by atomic mass is 16.3. The lowest BCUT2D eigenvalue weighted by Crippen LogP contribution is -1.87. The highest BCUT2D eigenvalue weighted by molar-refractivity contribution is 5.75. The van der Waals surface area contributed by atoms with Gasteiger partial charge in [0.1, 0.15) is 0 Å². The number of aliphatic hydroxyl groups excluding tert-OH is 1. The van der Waals surface area contributed by atoms with Crippen LogP contribution in [0.25, 0.3) is 0 Å². The second-order valence-electron chi connectivity index (χ2n) is 1.17. The molecule has 0 spiro atoms. The average Bonchev–Trinajstić information content (AvgIpc) is 1.72. The van der Waals surface area contributed by atoms with E-state index in [1.165, 1.54) is 0 Å². The zero-order chi connectivity index (χ0) is 5.70. The summed E-state index contributed by atoms with van der Waals surface area (Å²) in [6.45, 7) is 1.76. The molecule has 0 heterocycles. The molecular weight excluding hydrogens is 90.1 g/mol. The summed E-state index contributed by atoms with van der Waals surface area (Å²) in [5, 5.41) is 14.9. The summed E-state index contributed by atoms with van der Waals surface area (Å²) < 4.78 is 0. The number of nitrogens with one attached hydrogen (secondary N) is 1. The Morgan fingerprint density at radius 3 is 2.43 bits per heavy atom. The molecule has 0 radical (unpaired) electrons. The van der Waals surface area contributed by atoms with E-state index in [0.29, 0.717) is 5.57 Å². The first-order chi connectivity index (χ1) is 3.35. The van der Waals surface area contributed by atoms with Crippen LogP contribution in [0.3, 0.4) is 0 Å². The van der Waals surface area contributed by atoms with Crippen LogP contribution in [0.2, 0.25) is 0 Å².